The highest BCUT2D eigenvalue weighted by molar-refractivity contribution is 5.32. The van der Waals surface area contributed by atoms with Gasteiger partial charge in [-0.2, -0.15) is 8.78 Å². The maximum Gasteiger partial charge on any atom is 0.429 e. The predicted octanol–water partition coefficient (Wildman–Crippen LogP) is 4.85. The first kappa shape index (κ1) is 15.3. The molecule has 0 atom stereocenters. The average molecular weight is 302 g/mol. The Morgan fingerprint density at radius 3 is 2.19 bits per heavy atom. The summed E-state index contributed by atoms with van der Waals surface area (Å²) in [6.07, 6.45) is -4.20. The molecule has 0 fully saturated rings. The van der Waals surface area contributed by atoms with E-state index in [2.05, 4.69) is 4.74 Å². The Morgan fingerprint density at radius 1 is 0.905 bits per heavy atom. The summed E-state index contributed by atoms with van der Waals surface area (Å²) in [5.41, 5.74) is -0.894. The summed E-state index contributed by atoms with van der Waals surface area (Å²) in [5.74, 6) is -4.86. The minimum Gasteiger partial charge on any atom is -0.426 e. The Bertz CT molecular complexity index is 682. The van der Waals surface area contributed by atoms with E-state index in [1.807, 2.05) is 0 Å². The van der Waals surface area contributed by atoms with Crippen molar-refractivity contribution in [2.45, 2.75) is 20.0 Å². The maximum absolute atomic E-state index is 13.9. The van der Waals surface area contributed by atoms with Crippen LogP contribution in [0.25, 0.3) is 0 Å². The van der Waals surface area contributed by atoms with Gasteiger partial charge in [-0.3, -0.25) is 0 Å². The highest BCUT2D eigenvalue weighted by Gasteiger charge is 2.39. The van der Waals surface area contributed by atoms with Crippen LogP contribution in [-0.2, 0) is 6.11 Å². The molecule has 0 aliphatic heterocycles. The molecule has 0 bridgehead atoms. The quantitative estimate of drug-likeness (QED) is 0.737. The molecule has 6 heteroatoms. The average Bonchev–Trinajstić information content (AvgIpc) is 2.39. The topological polar surface area (TPSA) is 9.23 Å². The molecule has 2 rings (SSSR count). The van der Waals surface area contributed by atoms with E-state index in [1.165, 1.54) is 13.0 Å². The number of hydrogen-bond acceptors (Lipinski definition) is 1. The lowest BCUT2D eigenvalue weighted by molar-refractivity contribution is -0.189. The van der Waals surface area contributed by atoms with Gasteiger partial charge in [0.25, 0.3) is 0 Å². The van der Waals surface area contributed by atoms with Gasteiger partial charge < -0.3 is 4.74 Å². The number of aryl methyl sites for hydroxylation is 2. The lowest BCUT2D eigenvalue weighted by atomic mass is 10.1. The third kappa shape index (κ3) is 2.99. The van der Waals surface area contributed by atoms with Gasteiger partial charge in [0.1, 0.15) is 5.56 Å². The zero-order valence-electron chi connectivity index (χ0n) is 11.2. The van der Waals surface area contributed by atoms with Crippen molar-refractivity contribution in [3.63, 3.8) is 0 Å². The van der Waals surface area contributed by atoms with Crippen molar-refractivity contribution in [3.05, 3.63) is 64.5 Å². The van der Waals surface area contributed by atoms with Gasteiger partial charge in [-0.25, -0.2) is 13.2 Å². The van der Waals surface area contributed by atoms with Crippen LogP contribution in [0, 0.1) is 31.3 Å². The number of hydrogen-bond donors (Lipinski definition) is 0. The molecule has 2 aromatic carbocycles. The zero-order chi connectivity index (χ0) is 15.8. The van der Waals surface area contributed by atoms with E-state index >= 15 is 0 Å². The van der Waals surface area contributed by atoms with Gasteiger partial charge in [0.2, 0.25) is 0 Å². The molecule has 0 amide bonds. The molecule has 2 aromatic rings. The minimum atomic E-state index is -4.20. The Balaban J connectivity index is 2.40. The third-order valence-electron chi connectivity index (χ3n) is 2.91. The fourth-order valence-electron chi connectivity index (χ4n) is 1.75. The molecule has 0 saturated heterocycles. The van der Waals surface area contributed by atoms with E-state index < -0.39 is 34.9 Å². The van der Waals surface area contributed by atoms with E-state index in [4.69, 9.17) is 0 Å². The predicted molar refractivity (Wildman–Crippen MR) is 66.8 cm³/mol. The lowest BCUT2D eigenvalue weighted by Gasteiger charge is -2.19. The molecule has 112 valence electrons. The summed E-state index contributed by atoms with van der Waals surface area (Å²) in [6, 6.07) is 5.06. The fraction of sp³-hybridized carbons (Fsp3) is 0.200. The molecular weight excluding hydrogens is 291 g/mol. The van der Waals surface area contributed by atoms with Crippen molar-refractivity contribution in [1.82, 2.24) is 0 Å². The van der Waals surface area contributed by atoms with Gasteiger partial charge in [-0.15, -0.1) is 0 Å². The highest BCUT2D eigenvalue weighted by Crippen LogP contribution is 2.35. The normalized spacial score (nSPS) is 11.6. The van der Waals surface area contributed by atoms with Gasteiger partial charge in [-0.05, 0) is 43.2 Å². The summed E-state index contributed by atoms with van der Waals surface area (Å²) in [4.78, 5) is 0. The summed E-state index contributed by atoms with van der Waals surface area (Å²) in [7, 11) is 0. The minimum absolute atomic E-state index is 0.117. The number of rotatable bonds is 3. The van der Waals surface area contributed by atoms with E-state index in [9.17, 15) is 22.0 Å². The van der Waals surface area contributed by atoms with Gasteiger partial charge >= 0.3 is 6.11 Å². The number of halogens is 5. The standard InChI is InChI=1S/C15H11F5O/c1-8-3-6-12(11(16)7-8)21-15(19,20)10-5-4-9(2)13(17)14(10)18/h3-7H,1-2H3. The van der Waals surface area contributed by atoms with Crippen LogP contribution in [0.1, 0.15) is 16.7 Å². The smallest absolute Gasteiger partial charge is 0.426 e. The maximum atomic E-state index is 13.9. The molecule has 0 aliphatic carbocycles. The van der Waals surface area contributed by atoms with Crippen LogP contribution in [0.2, 0.25) is 0 Å². The third-order valence-corrected chi connectivity index (χ3v) is 2.91. The van der Waals surface area contributed by atoms with E-state index in [0.29, 0.717) is 11.6 Å². The van der Waals surface area contributed by atoms with Crippen molar-refractivity contribution in [1.29, 1.82) is 0 Å². The first-order chi connectivity index (χ1) is 9.72. The van der Waals surface area contributed by atoms with Crippen LogP contribution < -0.4 is 4.74 Å². The van der Waals surface area contributed by atoms with Gasteiger partial charge in [-0.1, -0.05) is 12.1 Å². The van der Waals surface area contributed by atoms with Crippen molar-refractivity contribution in [3.8, 4) is 5.75 Å². The van der Waals surface area contributed by atoms with Crippen LogP contribution in [0.4, 0.5) is 22.0 Å². The van der Waals surface area contributed by atoms with E-state index in [1.54, 1.807) is 6.92 Å². The van der Waals surface area contributed by atoms with Crippen molar-refractivity contribution >= 4 is 0 Å². The zero-order valence-corrected chi connectivity index (χ0v) is 11.2. The monoisotopic (exact) mass is 302 g/mol. The van der Waals surface area contributed by atoms with Crippen molar-refractivity contribution in [2.75, 3.05) is 0 Å². The van der Waals surface area contributed by atoms with Crippen molar-refractivity contribution < 1.29 is 26.7 Å². The lowest BCUT2D eigenvalue weighted by Crippen LogP contribution is -2.24. The molecule has 0 aromatic heterocycles. The van der Waals surface area contributed by atoms with E-state index in [-0.39, 0.29) is 5.56 Å². The first-order valence-electron chi connectivity index (χ1n) is 6.00. The van der Waals surface area contributed by atoms with Gasteiger partial charge in [0, 0.05) is 0 Å². The van der Waals surface area contributed by atoms with E-state index in [0.717, 1.165) is 18.2 Å². The summed E-state index contributed by atoms with van der Waals surface area (Å²) >= 11 is 0. The second kappa shape index (κ2) is 5.35. The summed E-state index contributed by atoms with van der Waals surface area (Å²) in [5, 5.41) is 0. The van der Waals surface area contributed by atoms with Crippen LogP contribution in [0.15, 0.2) is 30.3 Å². The Kier molecular flexibility index (Phi) is 3.89. The number of alkyl halides is 2. The van der Waals surface area contributed by atoms with Gasteiger partial charge in [0.05, 0.1) is 0 Å². The summed E-state index contributed by atoms with van der Waals surface area (Å²) < 4.78 is 72.5. The molecule has 0 saturated carbocycles. The van der Waals surface area contributed by atoms with Crippen LogP contribution >= 0.6 is 0 Å². The molecule has 0 spiro atoms. The largest absolute Gasteiger partial charge is 0.429 e. The second-order valence-electron chi connectivity index (χ2n) is 4.61. The second-order valence-corrected chi connectivity index (χ2v) is 4.61. The number of benzene rings is 2. The van der Waals surface area contributed by atoms with Crippen LogP contribution in [0.5, 0.6) is 5.75 Å². The molecule has 0 radical (unpaired) electrons. The highest BCUT2D eigenvalue weighted by atomic mass is 19.3. The molecule has 21 heavy (non-hydrogen) atoms. The molecule has 0 heterocycles. The molecular formula is C15H11F5O. The van der Waals surface area contributed by atoms with Crippen LogP contribution in [0.3, 0.4) is 0 Å². The molecule has 0 aliphatic rings. The Morgan fingerprint density at radius 2 is 1.57 bits per heavy atom. The molecule has 0 N–H and O–H groups in total. The SMILES string of the molecule is Cc1ccc(OC(F)(F)c2ccc(C)c(F)c2F)c(F)c1. The Labute approximate surface area is 118 Å². The van der Waals surface area contributed by atoms with Crippen LogP contribution in [-0.4, -0.2) is 0 Å². The number of ether oxygens (including phenoxy) is 1. The Hall–Kier alpha value is -2.11. The molecule has 0 unspecified atom stereocenters. The first-order valence-corrected chi connectivity index (χ1v) is 6.00. The van der Waals surface area contributed by atoms with Crippen molar-refractivity contribution in [2.24, 2.45) is 0 Å². The fourth-order valence-corrected chi connectivity index (χ4v) is 1.75. The van der Waals surface area contributed by atoms with Gasteiger partial charge in [0.15, 0.2) is 23.2 Å². The summed E-state index contributed by atoms with van der Waals surface area (Å²) in [6.45, 7) is 2.81. The molecule has 1 nitrogen and oxygen atoms in total.